The highest BCUT2D eigenvalue weighted by Crippen LogP contribution is 2.33. The van der Waals surface area contributed by atoms with Crippen molar-refractivity contribution in [3.8, 4) is 5.75 Å². The second-order valence-electron chi connectivity index (χ2n) is 8.13. The highest BCUT2D eigenvalue weighted by molar-refractivity contribution is 8.18. The normalized spacial score (nSPS) is 18.0. The molecule has 2 heterocycles. The van der Waals surface area contributed by atoms with Crippen molar-refractivity contribution in [2.75, 3.05) is 19.6 Å². The summed E-state index contributed by atoms with van der Waals surface area (Å²) in [6, 6.07) is 12.5. The highest BCUT2D eigenvalue weighted by Gasteiger charge is 2.37. The molecule has 178 valence electrons. The smallest absolute Gasteiger partial charge is 0.339 e. The summed E-state index contributed by atoms with van der Waals surface area (Å²) in [7, 11) is -4.02. The van der Waals surface area contributed by atoms with Crippen molar-refractivity contribution in [2.24, 2.45) is 0 Å². The minimum atomic E-state index is -4.02. The quantitative estimate of drug-likeness (QED) is 0.439. The Kier molecular flexibility index (Phi) is 7.08. The molecular weight excluding hydrogens is 476 g/mol. The van der Waals surface area contributed by atoms with Gasteiger partial charge in [-0.15, -0.1) is 0 Å². The maximum Gasteiger partial charge on any atom is 0.339 e. The van der Waals surface area contributed by atoms with Crippen LogP contribution in [0.25, 0.3) is 6.08 Å². The van der Waals surface area contributed by atoms with Gasteiger partial charge in [0, 0.05) is 13.1 Å². The molecule has 0 bridgehead atoms. The summed E-state index contributed by atoms with van der Waals surface area (Å²) in [6.07, 6.45) is 4.40. The Morgan fingerprint density at radius 2 is 1.76 bits per heavy atom. The average molecular weight is 501 g/mol. The predicted molar refractivity (Wildman–Crippen MR) is 129 cm³/mol. The zero-order chi connectivity index (χ0) is 24.3. The van der Waals surface area contributed by atoms with Gasteiger partial charge in [0.15, 0.2) is 0 Å². The molecule has 0 N–H and O–H groups in total. The molecule has 34 heavy (non-hydrogen) atoms. The van der Waals surface area contributed by atoms with Gasteiger partial charge in [-0.1, -0.05) is 29.8 Å². The molecule has 0 radical (unpaired) electrons. The van der Waals surface area contributed by atoms with E-state index in [1.165, 1.54) is 30.3 Å². The van der Waals surface area contributed by atoms with Crippen LogP contribution in [0.2, 0.25) is 0 Å². The van der Waals surface area contributed by atoms with Crippen LogP contribution in [-0.2, 0) is 19.7 Å². The standard InChI is InChI=1S/C24H24N2O6S2/c1-17-8-10-20(11-9-17)34(30,31)32-19-7-5-6-18(14-19)15-21-23(28)26(24(29)33-21)16-22(27)25-12-3-2-4-13-25/h5-11,14-15H,2-4,12-13,16H2,1H3/b21-15-. The Balaban J connectivity index is 1.47. The van der Waals surface area contributed by atoms with Crippen LogP contribution in [0.3, 0.4) is 0 Å². The number of imide groups is 1. The molecule has 2 fully saturated rings. The van der Waals surface area contributed by atoms with E-state index in [2.05, 4.69) is 0 Å². The number of nitrogens with zero attached hydrogens (tertiary/aromatic N) is 2. The molecule has 0 spiro atoms. The van der Waals surface area contributed by atoms with Gasteiger partial charge in [-0.3, -0.25) is 19.3 Å². The number of hydrogen-bond acceptors (Lipinski definition) is 7. The third kappa shape index (κ3) is 5.51. The van der Waals surface area contributed by atoms with Gasteiger partial charge in [-0.05, 0) is 73.9 Å². The molecule has 3 amide bonds. The summed E-state index contributed by atoms with van der Waals surface area (Å²) in [4.78, 5) is 40.5. The van der Waals surface area contributed by atoms with E-state index in [0.29, 0.717) is 18.7 Å². The molecule has 2 saturated heterocycles. The molecule has 0 aromatic heterocycles. The number of hydrogen-bond donors (Lipinski definition) is 0. The molecule has 10 heteroatoms. The Morgan fingerprint density at radius 3 is 2.47 bits per heavy atom. The molecule has 0 atom stereocenters. The van der Waals surface area contributed by atoms with E-state index in [-0.39, 0.29) is 28.0 Å². The van der Waals surface area contributed by atoms with E-state index >= 15 is 0 Å². The second-order valence-corrected chi connectivity index (χ2v) is 10.7. The number of carbonyl (C=O) groups is 3. The van der Waals surface area contributed by atoms with Crippen LogP contribution in [0.1, 0.15) is 30.4 Å². The first-order valence-corrected chi connectivity index (χ1v) is 13.1. The molecule has 0 unspecified atom stereocenters. The van der Waals surface area contributed by atoms with E-state index < -0.39 is 21.3 Å². The SMILES string of the molecule is Cc1ccc(S(=O)(=O)Oc2cccc(/C=C3\SC(=O)N(CC(=O)N4CCCCC4)C3=O)c2)cc1. The van der Waals surface area contributed by atoms with Gasteiger partial charge in [0.1, 0.15) is 17.2 Å². The summed E-state index contributed by atoms with van der Waals surface area (Å²) < 4.78 is 30.4. The number of rotatable bonds is 6. The minimum Gasteiger partial charge on any atom is -0.379 e. The number of carbonyl (C=O) groups excluding carboxylic acids is 3. The number of thioether (sulfide) groups is 1. The van der Waals surface area contributed by atoms with Crippen LogP contribution < -0.4 is 4.18 Å². The molecule has 2 aliphatic rings. The first-order chi connectivity index (χ1) is 16.2. The van der Waals surface area contributed by atoms with Crippen LogP contribution >= 0.6 is 11.8 Å². The van der Waals surface area contributed by atoms with Crippen molar-refractivity contribution in [2.45, 2.75) is 31.1 Å². The van der Waals surface area contributed by atoms with Crippen molar-refractivity contribution in [3.05, 3.63) is 64.6 Å². The topological polar surface area (TPSA) is 101 Å². The Labute approximate surface area is 202 Å². The molecule has 2 aromatic carbocycles. The molecule has 2 aromatic rings. The van der Waals surface area contributed by atoms with E-state index in [1.54, 1.807) is 29.2 Å². The minimum absolute atomic E-state index is 0.0306. The first-order valence-electron chi connectivity index (χ1n) is 10.9. The van der Waals surface area contributed by atoms with Crippen molar-refractivity contribution in [1.82, 2.24) is 9.80 Å². The zero-order valence-electron chi connectivity index (χ0n) is 18.6. The number of amides is 3. The summed E-state index contributed by atoms with van der Waals surface area (Å²) >= 11 is 0.751. The number of likely N-dealkylation sites (tertiary alicyclic amines) is 1. The first kappa shape index (κ1) is 24.0. The van der Waals surface area contributed by atoms with Crippen molar-refractivity contribution in [1.29, 1.82) is 0 Å². The lowest BCUT2D eigenvalue weighted by Crippen LogP contribution is -2.44. The van der Waals surface area contributed by atoms with Gasteiger partial charge < -0.3 is 9.08 Å². The summed E-state index contributed by atoms with van der Waals surface area (Å²) in [5, 5.41) is -0.504. The van der Waals surface area contributed by atoms with Gasteiger partial charge in [-0.25, -0.2) is 0 Å². The fourth-order valence-electron chi connectivity index (χ4n) is 3.70. The third-order valence-corrected chi connectivity index (χ3v) is 7.72. The maximum absolute atomic E-state index is 12.8. The van der Waals surface area contributed by atoms with Crippen molar-refractivity contribution < 1.29 is 27.0 Å². The molecule has 0 saturated carbocycles. The average Bonchev–Trinajstić information content (AvgIpc) is 3.07. The van der Waals surface area contributed by atoms with Gasteiger partial charge >= 0.3 is 10.1 Å². The highest BCUT2D eigenvalue weighted by atomic mass is 32.2. The lowest BCUT2D eigenvalue weighted by molar-refractivity contribution is -0.136. The van der Waals surface area contributed by atoms with Crippen molar-refractivity contribution >= 4 is 45.0 Å². The lowest BCUT2D eigenvalue weighted by atomic mass is 10.1. The molecule has 4 rings (SSSR count). The van der Waals surface area contributed by atoms with Gasteiger partial charge in [0.25, 0.3) is 11.1 Å². The van der Waals surface area contributed by atoms with Crippen LogP contribution in [0.5, 0.6) is 5.75 Å². The Bertz CT molecular complexity index is 1250. The third-order valence-electron chi connectivity index (χ3n) is 5.55. The monoisotopic (exact) mass is 500 g/mol. The van der Waals surface area contributed by atoms with E-state index in [0.717, 1.165) is 41.5 Å². The van der Waals surface area contributed by atoms with Crippen LogP contribution in [0.15, 0.2) is 58.3 Å². The Hall–Kier alpha value is -3.11. The van der Waals surface area contributed by atoms with Crippen LogP contribution in [0, 0.1) is 6.92 Å². The van der Waals surface area contributed by atoms with Gasteiger partial charge in [-0.2, -0.15) is 8.42 Å². The van der Waals surface area contributed by atoms with Gasteiger partial charge in [0.05, 0.1) is 4.91 Å². The molecule has 0 aliphatic carbocycles. The number of aryl methyl sites for hydroxylation is 1. The lowest BCUT2D eigenvalue weighted by Gasteiger charge is -2.27. The number of benzene rings is 2. The predicted octanol–water partition coefficient (Wildman–Crippen LogP) is 3.81. The largest absolute Gasteiger partial charge is 0.379 e. The molecular formula is C24H24N2O6S2. The van der Waals surface area contributed by atoms with Gasteiger partial charge in [0.2, 0.25) is 5.91 Å². The number of piperidine rings is 1. The van der Waals surface area contributed by atoms with Crippen molar-refractivity contribution in [3.63, 3.8) is 0 Å². The summed E-state index contributed by atoms with van der Waals surface area (Å²) in [6.45, 7) is 2.86. The van der Waals surface area contributed by atoms with Crippen LogP contribution in [0.4, 0.5) is 4.79 Å². The fourth-order valence-corrected chi connectivity index (χ4v) is 5.46. The van der Waals surface area contributed by atoms with E-state index in [9.17, 15) is 22.8 Å². The maximum atomic E-state index is 12.8. The second kappa shape index (κ2) is 10.0. The molecule has 8 nitrogen and oxygen atoms in total. The van der Waals surface area contributed by atoms with E-state index in [4.69, 9.17) is 4.18 Å². The summed E-state index contributed by atoms with van der Waals surface area (Å²) in [5.41, 5.74) is 1.41. The zero-order valence-corrected chi connectivity index (χ0v) is 20.2. The molecule has 2 aliphatic heterocycles. The fraction of sp³-hybridized carbons (Fsp3) is 0.292. The van der Waals surface area contributed by atoms with Crippen LogP contribution in [-0.4, -0.2) is 54.9 Å². The van der Waals surface area contributed by atoms with E-state index in [1.807, 2.05) is 6.92 Å². The summed E-state index contributed by atoms with van der Waals surface area (Å²) in [5.74, 6) is -0.701. The Morgan fingerprint density at radius 1 is 1.06 bits per heavy atom.